The number of carboxylic acids is 1. The molecule has 1 aromatic heterocycles. The van der Waals surface area contributed by atoms with Crippen LogP contribution in [0.4, 0.5) is 0 Å². The number of hydrogen-bond donors (Lipinski definition) is 1. The Bertz CT molecular complexity index is 491. The number of imidazole rings is 1. The molecule has 0 saturated carbocycles. The minimum atomic E-state index is -0.979. The van der Waals surface area contributed by atoms with E-state index in [1.807, 2.05) is 31.2 Å². The topological polar surface area (TPSA) is 55.1 Å². The van der Waals surface area contributed by atoms with Crippen molar-refractivity contribution in [2.75, 3.05) is 0 Å². The van der Waals surface area contributed by atoms with E-state index < -0.39 is 5.97 Å². The van der Waals surface area contributed by atoms with Crippen LogP contribution in [0.15, 0.2) is 36.8 Å². The molecule has 0 amide bonds. The van der Waals surface area contributed by atoms with Crippen molar-refractivity contribution in [2.45, 2.75) is 6.92 Å². The van der Waals surface area contributed by atoms with Gasteiger partial charge in [-0.2, -0.15) is 0 Å². The van der Waals surface area contributed by atoms with Gasteiger partial charge in [-0.1, -0.05) is 17.7 Å². The smallest absolute Gasteiger partial charge is 0.354 e. The molecule has 84 valence electrons. The zero-order valence-electron chi connectivity index (χ0n) is 8.62. The fraction of sp³-hybridized carbons (Fsp3) is 0.0909. The predicted octanol–water partition coefficient (Wildman–Crippen LogP) is 2.30. The number of rotatable bonds is 2. The molecule has 0 saturated heterocycles. The second-order valence-corrected chi connectivity index (χ2v) is 3.29. The molecule has 0 aliphatic rings. The van der Waals surface area contributed by atoms with Gasteiger partial charge in [0, 0.05) is 5.69 Å². The molecule has 0 bridgehead atoms. The van der Waals surface area contributed by atoms with Crippen molar-refractivity contribution >= 4 is 18.4 Å². The van der Waals surface area contributed by atoms with Crippen LogP contribution < -0.4 is 0 Å². The Morgan fingerprint density at radius 3 is 2.50 bits per heavy atom. The van der Waals surface area contributed by atoms with E-state index in [0.29, 0.717) is 0 Å². The van der Waals surface area contributed by atoms with E-state index in [2.05, 4.69) is 4.98 Å². The summed E-state index contributed by atoms with van der Waals surface area (Å²) in [5, 5.41) is 8.91. The van der Waals surface area contributed by atoms with Crippen molar-refractivity contribution in [3.63, 3.8) is 0 Å². The molecule has 0 radical (unpaired) electrons. The Morgan fingerprint density at radius 2 is 1.94 bits per heavy atom. The summed E-state index contributed by atoms with van der Waals surface area (Å²) in [7, 11) is 0. The highest BCUT2D eigenvalue weighted by atomic mass is 35.5. The van der Waals surface area contributed by atoms with E-state index >= 15 is 0 Å². The lowest BCUT2D eigenvalue weighted by molar-refractivity contribution is 0.0688. The number of aromatic nitrogens is 2. The monoisotopic (exact) mass is 238 g/mol. The van der Waals surface area contributed by atoms with Gasteiger partial charge < -0.3 is 5.11 Å². The molecule has 1 N–H and O–H groups in total. The maximum absolute atomic E-state index is 10.9. The Morgan fingerprint density at radius 1 is 1.31 bits per heavy atom. The SMILES string of the molecule is Cc1ccc(-n2cncc2C(=O)O)cc1.Cl. The van der Waals surface area contributed by atoms with Crippen molar-refractivity contribution < 1.29 is 9.90 Å². The van der Waals surface area contributed by atoms with Gasteiger partial charge in [0.2, 0.25) is 0 Å². The lowest BCUT2D eigenvalue weighted by Crippen LogP contribution is -2.05. The van der Waals surface area contributed by atoms with E-state index in [9.17, 15) is 4.79 Å². The quantitative estimate of drug-likeness (QED) is 0.874. The first-order valence-corrected chi connectivity index (χ1v) is 4.51. The molecular formula is C11H11ClN2O2. The lowest BCUT2D eigenvalue weighted by Gasteiger charge is -2.04. The summed E-state index contributed by atoms with van der Waals surface area (Å²) >= 11 is 0. The minimum Gasteiger partial charge on any atom is -0.477 e. The van der Waals surface area contributed by atoms with Gasteiger partial charge in [0.05, 0.1) is 12.5 Å². The number of aromatic carboxylic acids is 1. The number of hydrogen-bond acceptors (Lipinski definition) is 2. The van der Waals surface area contributed by atoms with Crippen LogP contribution >= 0.6 is 12.4 Å². The highest BCUT2D eigenvalue weighted by Gasteiger charge is 2.10. The summed E-state index contributed by atoms with van der Waals surface area (Å²) in [6.45, 7) is 1.98. The molecule has 4 nitrogen and oxygen atoms in total. The molecule has 0 fully saturated rings. The Kier molecular flexibility index (Phi) is 3.68. The predicted molar refractivity (Wildman–Crippen MR) is 62.5 cm³/mol. The van der Waals surface area contributed by atoms with Crippen LogP contribution in [0, 0.1) is 6.92 Å². The number of benzene rings is 1. The molecule has 0 atom stereocenters. The first-order chi connectivity index (χ1) is 7.18. The third-order valence-electron chi connectivity index (χ3n) is 2.17. The second kappa shape index (κ2) is 4.81. The van der Waals surface area contributed by atoms with E-state index in [1.54, 1.807) is 4.57 Å². The Hall–Kier alpha value is -1.81. The van der Waals surface area contributed by atoms with Gasteiger partial charge in [-0.25, -0.2) is 9.78 Å². The molecule has 1 aromatic carbocycles. The van der Waals surface area contributed by atoms with Crippen LogP contribution in [0.25, 0.3) is 5.69 Å². The van der Waals surface area contributed by atoms with E-state index in [4.69, 9.17) is 5.11 Å². The van der Waals surface area contributed by atoms with Crippen LogP contribution in [0.2, 0.25) is 0 Å². The van der Waals surface area contributed by atoms with E-state index in [1.165, 1.54) is 12.5 Å². The number of halogens is 1. The largest absolute Gasteiger partial charge is 0.477 e. The van der Waals surface area contributed by atoms with Crippen LogP contribution in [-0.4, -0.2) is 20.6 Å². The summed E-state index contributed by atoms with van der Waals surface area (Å²) < 4.78 is 1.54. The molecule has 5 heteroatoms. The van der Waals surface area contributed by atoms with Crippen molar-refractivity contribution in [1.82, 2.24) is 9.55 Å². The third kappa shape index (κ3) is 2.23. The standard InChI is InChI=1S/C11H10N2O2.ClH/c1-8-2-4-9(5-3-8)13-7-12-6-10(13)11(14)15;/h2-7H,1H3,(H,14,15);1H. The zero-order chi connectivity index (χ0) is 10.8. The molecule has 0 aliphatic heterocycles. The van der Waals surface area contributed by atoms with Gasteiger partial charge in [-0.05, 0) is 19.1 Å². The fourth-order valence-electron chi connectivity index (χ4n) is 1.36. The molecule has 2 aromatic rings. The maximum atomic E-state index is 10.9. The van der Waals surface area contributed by atoms with Crippen molar-refractivity contribution in [1.29, 1.82) is 0 Å². The Labute approximate surface area is 99.0 Å². The number of carbonyl (C=O) groups is 1. The van der Waals surface area contributed by atoms with E-state index in [0.717, 1.165) is 11.3 Å². The van der Waals surface area contributed by atoms with Gasteiger partial charge >= 0.3 is 5.97 Å². The fourth-order valence-corrected chi connectivity index (χ4v) is 1.36. The molecule has 2 rings (SSSR count). The molecule has 1 heterocycles. The Balaban J connectivity index is 0.00000128. The normalized spacial score (nSPS) is 9.56. The van der Waals surface area contributed by atoms with Crippen LogP contribution in [0.3, 0.4) is 0 Å². The first kappa shape index (κ1) is 12.3. The van der Waals surface area contributed by atoms with Crippen LogP contribution in [-0.2, 0) is 0 Å². The number of carboxylic acid groups (broad SMARTS) is 1. The van der Waals surface area contributed by atoms with Gasteiger partial charge in [0.25, 0.3) is 0 Å². The number of nitrogens with zero attached hydrogens (tertiary/aromatic N) is 2. The third-order valence-corrected chi connectivity index (χ3v) is 2.17. The second-order valence-electron chi connectivity index (χ2n) is 3.29. The van der Waals surface area contributed by atoms with Gasteiger partial charge in [0.15, 0.2) is 5.69 Å². The van der Waals surface area contributed by atoms with Crippen molar-refractivity contribution in [2.24, 2.45) is 0 Å². The highest BCUT2D eigenvalue weighted by Crippen LogP contribution is 2.12. The average molecular weight is 239 g/mol. The maximum Gasteiger partial charge on any atom is 0.354 e. The molecule has 0 unspecified atom stereocenters. The molecule has 0 aliphatic carbocycles. The summed E-state index contributed by atoms with van der Waals surface area (Å²) in [6.07, 6.45) is 2.83. The minimum absolute atomic E-state index is 0. The summed E-state index contributed by atoms with van der Waals surface area (Å²) in [5.74, 6) is -0.979. The summed E-state index contributed by atoms with van der Waals surface area (Å²) in [6, 6.07) is 7.59. The van der Waals surface area contributed by atoms with Crippen LogP contribution in [0.1, 0.15) is 16.1 Å². The average Bonchev–Trinajstić information content (AvgIpc) is 2.67. The summed E-state index contributed by atoms with van der Waals surface area (Å²) in [4.78, 5) is 14.7. The van der Waals surface area contributed by atoms with Gasteiger partial charge in [-0.3, -0.25) is 4.57 Å². The van der Waals surface area contributed by atoms with Gasteiger partial charge in [0.1, 0.15) is 0 Å². The lowest BCUT2D eigenvalue weighted by atomic mass is 10.2. The summed E-state index contributed by atoms with van der Waals surface area (Å²) in [5.41, 5.74) is 2.10. The molecular weight excluding hydrogens is 228 g/mol. The van der Waals surface area contributed by atoms with Crippen molar-refractivity contribution in [3.05, 3.63) is 48.0 Å². The highest BCUT2D eigenvalue weighted by molar-refractivity contribution is 5.86. The van der Waals surface area contributed by atoms with E-state index in [-0.39, 0.29) is 18.1 Å². The van der Waals surface area contributed by atoms with Crippen LogP contribution in [0.5, 0.6) is 0 Å². The number of aryl methyl sites for hydroxylation is 1. The van der Waals surface area contributed by atoms with Gasteiger partial charge in [-0.15, -0.1) is 12.4 Å². The first-order valence-electron chi connectivity index (χ1n) is 4.51. The molecule has 16 heavy (non-hydrogen) atoms. The molecule has 0 spiro atoms. The van der Waals surface area contributed by atoms with Crippen molar-refractivity contribution in [3.8, 4) is 5.69 Å². The zero-order valence-corrected chi connectivity index (χ0v) is 9.44.